The molecule has 0 saturated carbocycles. The average molecular weight is 385 g/mol. The Morgan fingerprint density at radius 2 is 1.86 bits per heavy atom. The van der Waals surface area contributed by atoms with Crippen molar-refractivity contribution in [3.05, 3.63) is 58.6 Å². The maximum absolute atomic E-state index is 12.4. The van der Waals surface area contributed by atoms with E-state index in [1.54, 1.807) is 17.0 Å². The van der Waals surface area contributed by atoms with E-state index in [1.165, 1.54) is 12.1 Å². The number of para-hydroxylation sites is 4. The highest BCUT2D eigenvalue weighted by molar-refractivity contribution is 5.95. The maximum Gasteiger partial charge on any atom is 0.310 e. The van der Waals surface area contributed by atoms with Gasteiger partial charge in [0, 0.05) is 6.07 Å². The largest absolute Gasteiger partial charge is 0.477 e. The summed E-state index contributed by atoms with van der Waals surface area (Å²) in [7, 11) is 0. The van der Waals surface area contributed by atoms with E-state index in [-0.39, 0.29) is 24.0 Å². The predicted octanol–water partition coefficient (Wildman–Crippen LogP) is 1.34. The highest BCUT2D eigenvalue weighted by Crippen LogP contribution is 2.27. The number of hydrogen-bond donors (Lipinski definition) is 2. The van der Waals surface area contributed by atoms with Crippen LogP contribution in [0.4, 0.5) is 17.1 Å². The molecule has 8 nitrogen and oxygen atoms in total. The fourth-order valence-electron chi connectivity index (χ4n) is 3.33. The molecule has 0 unspecified atom stereocenters. The normalized spacial score (nSPS) is 14.5. The van der Waals surface area contributed by atoms with E-state index in [0.717, 1.165) is 44.1 Å². The molecular weight excluding hydrogens is 360 g/mol. The molecule has 1 aliphatic heterocycles. The number of quaternary nitrogens is 1. The molecular formula is C20H25N4O4+. The number of carbonyl (C=O) groups is 1. The fourth-order valence-corrected chi connectivity index (χ4v) is 3.33. The molecule has 2 aromatic rings. The quantitative estimate of drug-likeness (QED) is 0.555. The Bertz CT molecular complexity index is 834. The van der Waals surface area contributed by atoms with Gasteiger partial charge < -0.3 is 19.9 Å². The SMILES string of the molecule is CC[NH+]1CCN(c2ccccc2NC(=O)COc2ccccc2[N+](=O)[O-])CC1. The van der Waals surface area contributed by atoms with Crippen LogP contribution < -0.4 is 19.9 Å². The van der Waals surface area contributed by atoms with Crippen LogP contribution in [0, 0.1) is 10.1 Å². The van der Waals surface area contributed by atoms with Gasteiger partial charge in [0.25, 0.3) is 5.91 Å². The van der Waals surface area contributed by atoms with E-state index >= 15 is 0 Å². The number of carbonyl (C=O) groups excluding carboxylic acids is 1. The molecule has 2 aromatic carbocycles. The Hall–Kier alpha value is -3.13. The highest BCUT2D eigenvalue weighted by Gasteiger charge is 2.21. The molecule has 8 heteroatoms. The van der Waals surface area contributed by atoms with Crippen molar-refractivity contribution in [2.45, 2.75) is 6.92 Å². The van der Waals surface area contributed by atoms with Gasteiger partial charge in [0.05, 0.1) is 49.0 Å². The molecule has 148 valence electrons. The van der Waals surface area contributed by atoms with Gasteiger partial charge in [-0.25, -0.2) is 0 Å². The lowest BCUT2D eigenvalue weighted by atomic mass is 10.2. The molecule has 1 heterocycles. The number of rotatable bonds is 7. The smallest absolute Gasteiger partial charge is 0.310 e. The summed E-state index contributed by atoms with van der Waals surface area (Å²) in [5, 5.41) is 13.9. The number of nitro benzene ring substituents is 1. The lowest BCUT2D eigenvalue weighted by Gasteiger charge is -2.34. The number of nitrogens with zero attached hydrogens (tertiary/aromatic N) is 2. The van der Waals surface area contributed by atoms with Crippen molar-refractivity contribution < 1.29 is 19.4 Å². The molecule has 0 radical (unpaired) electrons. The van der Waals surface area contributed by atoms with Crippen LogP contribution in [-0.2, 0) is 4.79 Å². The first-order chi connectivity index (χ1) is 13.6. The van der Waals surface area contributed by atoms with Crippen molar-refractivity contribution >= 4 is 23.0 Å². The van der Waals surface area contributed by atoms with Gasteiger partial charge in [-0.1, -0.05) is 24.3 Å². The summed E-state index contributed by atoms with van der Waals surface area (Å²) < 4.78 is 5.38. The zero-order valence-corrected chi connectivity index (χ0v) is 15.9. The number of nitrogens with one attached hydrogen (secondary N) is 2. The minimum absolute atomic E-state index is 0.0783. The monoisotopic (exact) mass is 385 g/mol. The second kappa shape index (κ2) is 9.18. The van der Waals surface area contributed by atoms with Crippen molar-refractivity contribution in [3.63, 3.8) is 0 Å². The third kappa shape index (κ3) is 4.77. The summed E-state index contributed by atoms with van der Waals surface area (Å²) in [5.74, 6) is -0.280. The van der Waals surface area contributed by atoms with Gasteiger partial charge in [-0.3, -0.25) is 14.9 Å². The highest BCUT2D eigenvalue weighted by atomic mass is 16.6. The van der Waals surface area contributed by atoms with Crippen molar-refractivity contribution in [2.75, 3.05) is 49.5 Å². The second-order valence-electron chi connectivity index (χ2n) is 6.67. The van der Waals surface area contributed by atoms with E-state index in [4.69, 9.17) is 4.74 Å². The van der Waals surface area contributed by atoms with Crippen LogP contribution in [0.3, 0.4) is 0 Å². The second-order valence-corrected chi connectivity index (χ2v) is 6.67. The van der Waals surface area contributed by atoms with Crippen LogP contribution in [0.25, 0.3) is 0 Å². The fraction of sp³-hybridized carbons (Fsp3) is 0.350. The van der Waals surface area contributed by atoms with Crippen LogP contribution in [0.1, 0.15) is 6.92 Å². The Kier molecular flexibility index (Phi) is 6.44. The number of likely N-dealkylation sites (N-methyl/N-ethyl adjacent to an activating group) is 1. The summed E-state index contributed by atoms with van der Waals surface area (Å²) in [6.07, 6.45) is 0. The van der Waals surface area contributed by atoms with E-state index in [0.29, 0.717) is 0 Å². The molecule has 3 rings (SSSR count). The van der Waals surface area contributed by atoms with Crippen LogP contribution in [-0.4, -0.2) is 50.2 Å². The number of hydrogen-bond acceptors (Lipinski definition) is 5. The van der Waals surface area contributed by atoms with E-state index in [2.05, 4.69) is 17.1 Å². The lowest BCUT2D eigenvalue weighted by molar-refractivity contribution is -0.898. The molecule has 0 spiro atoms. The summed E-state index contributed by atoms with van der Waals surface area (Å²) in [6, 6.07) is 13.7. The van der Waals surface area contributed by atoms with Gasteiger partial charge in [0.1, 0.15) is 0 Å². The average Bonchev–Trinajstić information content (AvgIpc) is 2.73. The van der Waals surface area contributed by atoms with Gasteiger partial charge in [-0.05, 0) is 25.1 Å². The molecule has 0 atom stereocenters. The van der Waals surface area contributed by atoms with Crippen LogP contribution in [0.2, 0.25) is 0 Å². The Balaban J connectivity index is 1.63. The van der Waals surface area contributed by atoms with E-state index < -0.39 is 4.92 Å². The number of benzene rings is 2. The zero-order valence-electron chi connectivity index (χ0n) is 15.9. The molecule has 1 amide bonds. The minimum Gasteiger partial charge on any atom is -0.477 e. The van der Waals surface area contributed by atoms with Crippen molar-refractivity contribution in [2.24, 2.45) is 0 Å². The van der Waals surface area contributed by atoms with Gasteiger partial charge in [0.15, 0.2) is 12.4 Å². The number of anilines is 2. The Morgan fingerprint density at radius 1 is 1.18 bits per heavy atom. The summed E-state index contributed by atoms with van der Waals surface area (Å²) in [6.45, 7) is 7.02. The number of ether oxygens (including phenoxy) is 1. The zero-order chi connectivity index (χ0) is 19.9. The van der Waals surface area contributed by atoms with E-state index in [1.807, 2.05) is 24.3 Å². The lowest BCUT2D eigenvalue weighted by Crippen LogP contribution is -3.14. The Morgan fingerprint density at radius 3 is 2.57 bits per heavy atom. The molecule has 2 N–H and O–H groups in total. The van der Waals surface area contributed by atoms with Crippen LogP contribution in [0.15, 0.2) is 48.5 Å². The third-order valence-electron chi connectivity index (χ3n) is 4.91. The Labute approximate surface area is 163 Å². The number of piperazine rings is 1. The summed E-state index contributed by atoms with van der Waals surface area (Å²) in [4.78, 5) is 26.7. The molecule has 0 aromatic heterocycles. The first-order valence-electron chi connectivity index (χ1n) is 9.42. The molecule has 1 fully saturated rings. The summed E-state index contributed by atoms with van der Waals surface area (Å²) >= 11 is 0. The molecule has 1 aliphatic rings. The molecule has 0 bridgehead atoms. The van der Waals surface area contributed by atoms with Crippen molar-refractivity contribution in [1.82, 2.24) is 0 Å². The van der Waals surface area contributed by atoms with Gasteiger partial charge in [0.2, 0.25) is 0 Å². The molecule has 28 heavy (non-hydrogen) atoms. The number of nitro groups is 1. The van der Waals surface area contributed by atoms with Gasteiger partial charge >= 0.3 is 5.69 Å². The standard InChI is InChI=1S/C20H24N4O4/c1-2-22-11-13-23(14-12-22)17-8-4-3-7-16(17)21-20(25)15-28-19-10-6-5-9-18(19)24(26)27/h3-10H,2,11-15H2,1H3,(H,21,25)/p+1. The first kappa shape index (κ1) is 19.6. The topological polar surface area (TPSA) is 89.2 Å². The third-order valence-corrected chi connectivity index (χ3v) is 4.91. The van der Waals surface area contributed by atoms with Gasteiger partial charge in [-0.15, -0.1) is 0 Å². The molecule has 0 aliphatic carbocycles. The predicted molar refractivity (Wildman–Crippen MR) is 107 cm³/mol. The van der Waals surface area contributed by atoms with Gasteiger partial charge in [-0.2, -0.15) is 0 Å². The molecule has 1 saturated heterocycles. The first-order valence-corrected chi connectivity index (χ1v) is 9.42. The van der Waals surface area contributed by atoms with Crippen LogP contribution >= 0.6 is 0 Å². The maximum atomic E-state index is 12.4. The van der Waals surface area contributed by atoms with Crippen LogP contribution in [0.5, 0.6) is 5.75 Å². The minimum atomic E-state index is -0.527. The summed E-state index contributed by atoms with van der Waals surface area (Å²) in [5.41, 5.74) is 1.54. The van der Waals surface area contributed by atoms with Crippen molar-refractivity contribution in [3.8, 4) is 5.75 Å². The van der Waals surface area contributed by atoms with Crippen molar-refractivity contribution in [1.29, 1.82) is 0 Å². The number of amides is 1. The van der Waals surface area contributed by atoms with E-state index in [9.17, 15) is 14.9 Å².